The molecule has 0 radical (unpaired) electrons. The number of aromatic amines is 1. The number of benzene rings is 1. The lowest BCUT2D eigenvalue weighted by Gasteiger charge is -2.09. The first kappa shape index (κ1) is 14.6. The molecule has 2 N–H and O–H groups in total. The first-order valence-corrected chi connectivity index (χ1v) is 5.88. The summed E-state index contributed by atoms with van der Waals surface area (Å²) >= 11 is 0. The summed E-state index contributed by atoms with van der Waals surface area (Å²) in [6, 6.07) is 3.68. The Kier molecular flexibility index (Phi) is 4.59. The Morgan fingerprint density at radius 3 is 2.90 bits per heavy atom. The standard InChI is InChI=1S/C11H11F2N5O3/c12-11(13)21-10-5-7(1-2-9(10)18(19)20)14-4-3-8-6-15-17-16-8/h1-2,5-6,11,14H,3-4H2,(H,15,16,17). The molecule has 0 aliphatic rings. The number of anilines is 1. The number of rotatable bonds is 7. The Morgan fingerprint density at radius 1 is 1.48 bits per heavy atom. The van der Waals surface area contributed by atoms with Crippen molar-refractivity contribution in [2.45, 2.75) is 13.0 Å². The summed E-state index contributed by atoms with van der Waals surface area (Å²) in [6.07, 6.45) is 2.11. The van der Waals surface area contributed by atoms with Gasteiger partial charge in [-0.25, -0.2) is 0 Å². The van der Waals surface area contributed by atoms with Crippen molar-refractivity contribution >= 4 is 11.4 Å². The second-order valence-corrected chi connectivity index (χ2v) is 3.96. The van der Waals surface area contributed by atoms with E-state index in [0.717, 1.165) is 17.8 Å². The van der Waals surface area contributed by atoms with E-state index in [2.05, 4.69) is 25.5 Å². The first-order valence-electron chi connectivity index (χ1n) is 5.88. The highest BCUT2D eigenvalue weighted by molar-refractivity contribution is 5.58. The number of H-pyrrole nitrogens is 1. The molecule has 2 rings (SSSR count). The van der Waals surface area contributed by atoms with E-state index in [1.165, 1.54) is 6.07 Å². The first-order chi connectivity index (χ1) is 10.1. The molecule has 21 heavy (non-hydrogen) atoms. The highest BCUT2D eigenvalue weighted by atomic mass is 19.3. The quantitative estimate of drug-likeness (QED) is 0.598. The predicted molar refractivity (Wildman–Crippen MR) is 68.3 cm³/mol. The molecular formula is C11H11F2N5O3. The number of nitrogens with one attached hydrogen (secondary N) is 2. The number of nitro groups is 1. The third-order valence-corrected chi connectivity index (χ3v) is 2.55. The molecule has 8 nitrogen and oxygen atoms in total. The van der Waals surface area contributed by atoms with Crippen molar-refractivity contribution in [2.75, 3.05) is 11.9 Å². The average Bonchev–Trinajstić information content (AvgIpc) is 2.91. The second-order valence-electron chi connectivity index (χ2n) is 3.96. The summed E-state index contributed by atoms with van der Waals surface area (Å²) in [4.78, 5) is 9.94. The lowest BCUT2D eigenvalue weighted by molar-refractivity contribution is -0.386. The molecule has 1 aromatic carbocycles. The molecule has 0 bridgehead atoms. The van der Waals surface area contributed by atoms with Crippen LogP contribution in [0, 0.1) is 10.1 Å². The molecule has 2 aromatic rings. The molecule has 1 aromatic heterocycles. The normalized spacial score (nSPS) is 10.6. The smallest absolute Gasteiger partial charge is 0.387 e. The van der Waals surface area contributed by atoms with E-state index >= 15 is 0 Å². The van der Waals surface area contributed by atoms with Gasteiger partial charge in [0.1, 0.15) is 0 Å². The minimum Gasteiger partial charge on any atom is -0.427 e. The maximum Gasteiger partial charge on any atom is 0.387 e. The molecule has 0 aliphatic heterocycles. The van der Waals surface area contributed by atoms with Crippen LogP contribution >= 0.6 is 0 Å². The molecule has 0 aliphatic carbocycles. The van der Waals surface area contributed by atoms with Crippen LogP contribution in [0.25, 0.3) is 0 Å². The number of halogens is 2. The van der Waals surface area contributed by atoms with Gasteiger partial charge in [-0.15, -0.1) is 0 Å². The van der Waals surface area contributed by atoms with Crippen molar-refractivity contribution in [3.8, 4) is 5.75 Å². The topological polar surface area (TPSA) is 106 Å². The molecule has 0 spiro atoms. The number of alkyl halides is 2. The Balaban J connectivity index is 2.04. The van der Waals surface area contributed by atoms with Crippen LogP contribution in [0.3, 0.4) is 0 Å². The van der Waals surface area contributed by atoms with Crippen LogP contribution in [-0.4, -0.2) is 33.5 Å². The number of hydrogen-bond donors (Lipinski definition) is 2. The fourth-order valence-electron chi connectivity index (χ4n) is 1.65. The van der Waals surface area contributed by atoms with Crippen molar-refractivity contribution in [1.82, 2.24) is 15.4 Å². The summed E-state index contributed by atoms with van der Waals surface area (Å²) in [5.41, 5.74) is 0.644. The highest BCUT2D eigenvalue weighted by Gasteiger charge is 2.18. The number of aromatic nitrogens is 3. The maximum absolute atomic E-state index is 12.2. The van der Waals surface area contributed by atoms with Crippen LogP contribution in [0.15, 0.2) is 24.4 Å². The molecule has 0 saturated carbocycles. The monoisotopic (exact) mass is 299 g/mol. The summed E-state index contributed by atoms with van der Waals surface area (Å²) < 4.78 is 28.7. The summed E-state index contributed by atoms with van der Waals surface area (Å²) in [7, 11) is 0. The fourth-order valence-corrected chi connectivity index (χ4v) is 1.65. The summed E-state index contributed by atoms with van der Waals surface area (Å²) in [5.74, 6) is -0.485. The van der Waals surface area contributed by atoms with Gasteiger partial charge in [0.05, 0.1) is 16.8 Å². The zero-order chi connectivity index (χ0) is 15.2. The van der Waals surface area contributed by atoms with Crippen LogP contribution in [-0.2, 0) is 6.42 Å². The van der Waals surface area contributed by atoms with Crippen molar-refractivity contribution < 1.29 is 18.4 Å². The van der Waals surface area contributed by atoms with Gasteiger partial charge in [-0.2, -0.15) is 24.2 Å². The Morgan fingerprint density at radius 2 is 2.29 bits per heavy atom. The molecule has 0 amide bonds. The van der Waals surface area contributed by atoms with Crippen molar-refractivity contribution in [3.05, 3.63) is 40.2 Å². The van der Waals surface area contributed by atoms with E-state index in [4.69, 9.17) is 0 Å². The molecule has 0 fully saturated rings. The number of nitrogens with zero attached hydrogens (tertiary/aromatic N) is 3. The molecule has 112 valence electrons. The Labute approximate surface area is 117 Å². The van der Waals surface area contributed by atoms with Crippen molar-refractivity contribution in [1.29, 1.82) is 0 Å². The van der Waals surface area contributed by atoms with Crippen LogP contribution in [0.1, 0.15) is 5.69 Å². The third-order valence-electron chi connectivity index (χ3n) is 2.55. The van der Waals surface area contributed by atoms with Crippen molar-refractivity contribution in [2.24, 2.45) is 0 Å². The fraction of sp³-hybridized carbons (Fsp3) is 0.273. The van der Waals surface area contributed by atoms with E-state index in [9.17, 15) is 18.9 Å². The zero-order valence-corrected chi connectivity index (χ0v) is 10.6. The van der Waals surface area contributed by atoms with E-state index in [1.807, 2.05) is 0 Å². The average molecular weight is 299 g/mol. The Bertz CT molecular complexity index is 606. The van der Waals surface area contributed by atoms with Gasteiger partial charge in [0, 0.05) is 30.8 Å². The minimum atomic E-state index is -3.13. The SMILES string of the molecule is O=[N+]([O-])c1ccc(NCCc2cn[nH]n2)cc1OC(F)F. The number of hydrogen-bond acceptors (Lipinski definition) is 6. The summed E-state index contributed by atoms with van der Waals surface area (Å²) in [6.45, 7) is -2.67. The molecule has 0 atom stereocenters. The molecular weight excluding hydrogens is 288 g/mol. The van der Waals surface area contributed by atoms with Gasteiger partial charge < -0.3 is 10.1 Å². The lowest BCUT2D eigenvalue weighted by atomic mass is 10.2. The zero-order valence-electron chi connectivity index (χ0n) is 10.6. The van der Waals surface area contributed by atoms with E-state index in [0.29, 0.717) is 18.7 Å². The third kappa shape index (κ3) is 4.09. The van der Waals surface area contributed by atoms with Crippen LogP contribution in [0.4, 0.5) is 20.2 Å². The molecule has 0 unspecified atom stereocenters. The van der Waals surface area contributed by atoms with Crippen LogP contribution in [0.2, 0.25) is 0 Å². The summed E-state index contributed by atoms with van der Waals surface area (Å²) in [5, 5.41) is 23.6. The molecule has 0 saturated heterocycles. The molecule has 1 heterocycles. The van der Waals surface area contributed by atoms with Gasteiger partial charge in [-0.1, -0.05) is 0 Å². The highest BCUT2D eigenvalue weighted by Crippen LogP contribution is 2.31. The van der Waals surface area contributed by atoms with Gasteiger partial charge >= 0.3 is 12.3 Å². The predicted octanol–water partition coefficient (Wildman–Crippen LogP) is 1.97. The van der Waals surface area contributed by atoms with Gasteiger partial charge in [-0.05, 0) is 6.07 Å². The second kappa shape index (κ2) is 6.59. The number of nitro benzene ring substituents is 1. The van der Waals surface area contributed by atoms with Gasteiger partial charge in [0.25, 0.3) is 0 Å². The van der Waals surface area contributed by atoms with Crippen molar-refractivity contribution in [3.63, 3.8) is 0 Å². The van der Waals surface area contributed by atoms with Crippen LogP contribution < -0.4 is 10.1 Å². The van der Waals surface area contributed by atoms with Gasteiger partial charge in [0.2, 0.25) is 5.75 Å². The maximum atomic E-state index is 12.2. The Hall–Kier alpha value is -2.78. The minimum absolute atomic E-state index is 0.430. The van der Waals surface area contributed by atoms with E-state index in [-0.39, 0.29) is 0 Å². The largest absolute Gasteiger partial charge is 0.427 e. The number of ether oxygens (including phenoxy) is 1. The molecule has 10 heteroatoms. The van der Waals surface area contributed by atoms with E-state index in [1.54, 1.807) is 6.20 Å². The van der Waals surface area contributed by atoms with Gasteiger partial charge in [0.15, 0.2) is 0 Å². The lowest BCUT2D eigenvalue weighted by Crippen LogP contribution is -2.08. The van der Waals surface area contributed by atoms with Crippen LogP contribution in [0.5, 0.6) is 5.75 Å². The van der Waals surface area contributed by atoms with E-state index < -0.39 is 23.0 Å². The van der Waals surface area contributed by atoms with Gasteiger partial charge in [-0.3, -0.25) is 10.1 Å².